The minimum absolute atomic E-state index is 0.0150. The maximum absolute atomic E-state index is 12.8. The second-order valence-electron chi connectivity index (χ2n) is 6.39. The van der Waals surface area contributed by atoms with Crippen LogP contribution in [0.2, 0.25) is 0 Å². The lowest BCUT2D eigenvalue weighted by molar-refractivity contribution is -0.133. The highest BCUT2D eigenvalue weighted by Crippen LogP contribution is 2.33. The van der Waals surface area contributed by atoms with Crippen LogP contribution in [0.4, 0.5) is 0 Å². The summed E-state index contributed by atoms with van der Waals surface area (Å²) in [7, 11) is 4.02. The zero-order valence-corrected chi connectivity index (χ0v) is 13.2. The van der Waals surface area contributed by atoms with E-state index in [1.54, 1.807) is 0 Å². The standard InChI is InChI=1S/C17H26N2O/c1-12(2)15-11-19(17(20)16(15)18(4)5)13(3)14-9-7-6-8-10-14/h6-10,12-13,15-16H,11H2,1-5H3/t13-,15+,16-/m0/s1. The van der Waals surface area contributed by atoms with Crippen LogP contribution in [0.3, 0.4) is 0 Å². The van der Waals surface area contributed by atoms with Gasteiger partial charge < -0.3 is 4.90 Å². The predicted octanol–water partition coefficient (Wildman–Crippen LogP) is 2.79. The second-order valence-corrected chi connectivity index (χ2v) is 6.39. The number of benzene rings is 1. The van der Waals surface area contributed by atoms with E-state index in [0.29, 0.717) is 11.8 Å². The molecular formula is C17H26N2O. The Morgan fingerprint density at radius 3 is 2.20 bits per heavy atom. The molecule has 2 rings (SSSR count). The lowest BCUT2D eigenvalue weighted by Crippen LogP contribution is -2.41. The van der Waals surface area contributed by atoms with Crippen LogP contribution in [0.1, 0.15) is 32.4 Å². The van der Waals surface area contributed by atoms with E-state index in [0.717, 1.165) is 6.54 Å². The van der Waals surface area contributed by atoms with E-state index in [4.69, 9.17) is 0 Å². The number of nitrogens with zero attached hydrogens (tertiary/aromatic N) is 2. The monoisotopic (exact) mass is 274 g/mol. The molecule has 1 aromatic carbocycles. The molecule has 1 amide bonds. The molecule has 3 heteroatoms. The van der Waals surface area contributed by atoms with E-state index < -0.39 is 0 Å². The number of likely N-dealkylation sites (N-methyl/N-ethyl adjacent to an activating group) is 1. The number of hydrogen-bond donors (Lipinski definition) is 0. The van der Waals surface area contributed by atoms with Crippen LogP contribution in [-0.2, 0) is 4.79 Å². The summed E-state index contributed by atoms with van der Waals surface area (Å²) >= 11 is 0. The predicted molar refractivity (Wildman–Crippen MR) is 82.4 cm³/mol. The van der Waals surface area contributed by atoms with Crippen molar-refractivity contribution in [2.24, 2.45) is 11.8 Å². The van der Waals surface area contributed by atoms with Crippen LogP contribution in [-0.4, -0.2) is 42.4 Å². The van der Waals surface area contributed by atoms with Crippen LogP contribution in [0.5, 0.6) is 0 Å². The second kappa shape index (κ2) is 5.96. The van der Waals surface area contributed by atoms with Gasteiger partial charge in [0.15, 0.2) is 0 Å². The molecule has 1 aliphatic heterocycles. The minimum Gasteiger partial charge on any atom is -0.334 e. The summed E-state index contributed by atoms with van der Waals surface area (Å²) in [6.45, 7) is 7.41. The Labute approximate surface area is 122 Å². The molecule has 3 atom stereocenters. The van der Waals surface area contributed by atoms with E-state index in [-0.39, 0.29) is 18.0 Å². The fraction of sp³-hybridized carbons (Fsp3) is 0.588. The van der Waals surface area contributed by atoms with Gasteiger partial charge in [-0.3, -0.25) is 9.69 Å². The third-order valence-electron chi connectivity index (χ3n) is 4.51. The maximum atomic E-state index is 12.8. The van der Waals surface area contributed by atoms with Crippen molar-refractivity contribution in [2.45, 2.75) is 32.9 Å². The Balaban J connectivity index is 2.24. The van der Waals surface area contributed by atoms with Crippen molar-refractivity contribution < 1.29 is 4.79 Å². The van der Waals surface area contributed by atoms with Gasteiger partial charge in [-0.1, -0.05) is 44.2 Å². The first-order valence-corrected chi connectivity index (χ1v) is 7.45. The summed E-state index contributed by atoms with van der Waals surface area (Å²) in [6.07, 6.45) is 0. The normalized spacial score (nSPS) is 24.8. The van der Waals surface area contributed by atoms with Gasteiger partial charge in [0, 0.05) is 12.5 Å². The summed E-state index contributed by atoms with van der Waals surface area (Å²) in [5.74, 6) is 1.19. The fourth-order valence-corrected chi connectivity index (χ4v) is 3.21. The lowest BCUT2D eigenvalue weighted by atomic mass is 9.90. The molecule has 0 N–H and O–H groups in total. The molecule has 20 heavy (non-hydrogen) atoms. The van der Waals surface area contributed by atoms with Crippen molar-refractivity contribution in [1.29, 1.82) is 0 Å². The van der Waals surface area contributed by atoms with Gasteiger partial charge in [-0.15, -0.1) is 0 Å². The first-order valence-electron chi connectivity index (χ1n) is 7.45. The maximum Gasteiger partial charge on any atom is 0.240 e. The van der Waals surface area contributed by atoms with E-state index in [1.807, 2.05) is 37.2 Å². The van der Waals surface area contributed by atoms with Crippen molar-refractivity contribution in [3.8, 4) is 0 Å². The van der Waals surface area contributed by atoms with Gasteiger partial charge in [-0.2, -0.15) is 0 Å². The molecule has 110 valence electrons. The van der Waals surface area contributed by atoms with Gasteiger partial charge in [0.2, 0.25) is 5.91 Å². The van der Waals surface area contributed by atoms with Gasteiger partial charge in [0.25, 0.3) is 0 Å². The van der Waals surface area contributed by atoms with E-state index in [9.17, 15) is 4.79 Å². The van der Waals surface area contributed by atoms with Gasteiger partial charge in [-0.05, 0) is 32.5 Å². The Kier molecular flexibility index (Phi) is 4.48. The molecule has 3 nitrogen and oxygen atoms in total. The summed E-state index contributed by atoms with van der Waals surface area (Å²) < 4.78 is 0. The van der Waals surface area contributed by atoms with Crippen molar-refractivity contribution in [3.63, 3.8) is 0 Å². The fourth-order valence-electron chi connectivity index (χ4n) is 3.21. The van der Waals surface area contributed by atoms with Crippen molar-refractivity contribution in [1.82, 2.24) is 9.80 Å². The number of carbonyl (C=O) groups excluding carboxylic acids is 1. The van der Waals surface area contributed by atoms with Crippen LogP contribution >= 0.6 is 0 Å². The number of carbonyl (C=O) groups is 1. The Morgan fingerprint density at radius 1 is 1.15 bits per heavy atom. The first-order chi connectivity index (χ1) is 9.43. The van der Waals surface area contributed by atoms with Crippen molar-refractivity contribution >= 4 is 5.91 Å². The highest BCUT2D eigenvalue weighted by Gasteiger charge is 2.44. The molecule has 1 fully saturated rings. The molecule has 0 saturated carbocycles. The summed E-state index contributed by atoms with van der Waals surface area (Å²) in [6, 6.07) is 10.5. The molecule has 1 aliphatic rings. The summed E-state index contributed by atoms with van der Waals surface area (Å²) in [5.41, 5.74) is 1.21. The number of likely N-dealkylation sites (tertiary alicyclic amines) is 1. The smallest absolute Gasteiger partial charge is 0.240 e. The Bertz CT molecular complexity index is 455. The molecule has 0 unspecified atom stereocenters. The molecule has 0 aliphatic carbocycles. The quantitative estimate of drug-likeness (QED) is 0.843. The third kappa shape index (κ3) is 2.73. The van der Waals surface area contributed by atoms with Gasteiger partial charge in [-0.25, -0.2) is 0 Å². The van der Waals surface area contributed by atoms with Gasteiger partial charge in [0.1, 0.15) is 0 Å². The van der Waals surface area contributed by atoms with Gasteiger partial charge in [0.05, 0.1) is 12.1 Å². The van der Waals surface area contributed by atoms with Crippen molar-refractivity contribution in [2.75, 3.05) is 20.6 Å². The molecule has 0 spiro atoms. The average molecular weight is 274 g/mol. The van der Waals surface area contributed by atoms with Crippen LogP contribution in [0.15, 0.2) is 30.3 Å². The zero-order chi connectivity index (χ0) is 14.9. The highest BCUT2D eigenvalue weighted by atomic mass is 16.2. The highest BCUT2D eigenvalue weighted by molar-refractivity contribution is 5.85. The molecule has 1 heterocycles. The number of hydrogen-bond acceptors (Lipinski definition) is 2. The average Bonchev–Trinajstić information content (AvgIpc) is 2.77. The third-order valence-corrected chi connectivity index (χ3v) is 4.51. The topological polar surface area (TPSA) is 23.6 Å². The first kappa shape index (κ1) is 15.0. The van der Waals surface area contributed by atoms with E-state index in [1.165, 1.54) is 5.56 Å². The number of rotatable bonds is 4. The molecule has 0 bridgehead atoms. The molecule has 0 aromatic heterocycles. The van der Waals surface area contributed by atoms with Crippen LogP contribution in [0, 0.1) is 11.8 Å². The number of amides is 1. The molecule has 1 aromatic rings. The Morgan fingerprint density at radius 2 is 1.75 bits per heavy atom. The Hall–Kier alpha value is -1.35. The molecular weight excluding hydrogens is 248 g/mol. The molecule has 1 saturated heterocycles. The zero-order valence-electron chi connectivity index (χ0n) is 13.2. The van der Waals surface area contributed by atoms with Gasteiger partial charge >= 0.3 is 0 Å². The van der Waals surface area contributed by atoms with E-state index in [2.05, 4.69) is 37.8 Å². The van der Waals surface area contributed by atoms with Crippen LogP contribution in [0.25, 0.3) is 0 Å². The largest absolute Gasteiger partial charge is 0.334 e. The minimum atomic E-state index is 0.0150. The van der Waals surface area contributed by atoms with E-state index >= 15 is 0 Å². The van der Waals surface area contributed by atoms with Crippen LogP contribution < -0.4 is 0 Å². The SMILES string of the molecule is CC(C)[C@H]1CN([C@@H](C)c2ccccc2)C(=O)[C@H]1N(C)C. The summed E-state index contributed by atoms with van der Waals surface area (Å²) in [4.78, 5) is 16.9. The lowest BCUT2D eigenvalue weighted by Gasteiger charge is -2.26. The van der Waals surface area contributed by atoms with Crippen molar-refractivity contribution in [3.05, 3.63) is 35.9 Å². The molecule has 0 radical (unpaired) electrons. The summed E-state index contributed by atoms with van der Waals surface area (Å²) in [5, 5.41) is 0.